The molecule has 1 N–H and O–H groups in total. The molecule has 0 aliphatic heterocycles. The summed E-state index contributed by atoms with van der Waals surface area (Å²) in [5.74, 6) is -0.331. The summed E-state index contributed by atoms with van der Waals surface area (Å²) in [7, 11) is 1.81. The van der Waals surface area contributed by atoms with Crippen LogP contribution in [-0.4, -0.2) is 24.4 Å². The number of likely N-dealkylation sites (N-methyl/N-ethyl adjacent to an activating group) is 1. The third-order valence-electron chi connectivity index (χ3n) is 3.76. The number of rotatable bonds is 6. The van der Waals surface area contributed by atoms with Crippen molar-refractivity contribution in [2.75, 3.05) is 13.6 Å². The Hall–Kier alpha value is -2.20. The average Bonchev–Trinajstić information content (AvgIpc) is 2.50. The molecule has 4 heteroatoms. The van der Waals surface area contributed by atoms with Crippen molar-refractivity contribution in [3.05, 3.63) is 71.5 Å². The smallest absolute Gasteiger partial charge is 0.234 e. The van der Waals surface area contributed by atoms with Gasteiger partial charge in [-0.2, -0.15) is 0 Å². The maximum atomic E-state index is 13.7. The third kappa shape index (κ3) is 4.89. The highest BCUT2D eigenvalue weighted by molar-refractivity contribution is 5.79. The van der Waals surface area contributed by atoms with E-state index in [4.69, 9.17) is 0 Å². The molecule has 0 aromatic heterocycles. The van der Waals surface area contributed by atoms with E-state index >= 15 is 0 Å². The first-order chi connectivity index (χ1) is 10.9. The normalized spacial score (nSPS) is 11.5. The highest BCUT2D eigenvalue weighted by atomic mass is 19.1. The molecule has 3 nitrogen and oxygen atoms in total. The van der Waals surface area contributed by atoms with Crippen LogP contribution in [0.1, 0.15) is 25.0 Å². The van der Waals surface area contributed by atoms with E-state index in [1.807, 2.05) is 51.2 Å². The fourth-order valence-electron chi connectivity index (χ4n) is 2.53. The molecule has 0 bridgehead atoms. The minimum Gasteiger partial charge on any atom is -0.346 e. The molecule has 0 unspecified atom stereocenters. The lowest BCUT2D eigenvalue weighted by Gasteiger charge is -2.28. The standard InChI is InChI=1S/C19H23FN2O/c1-19(2,16-10-5-4-6-11-16)21-18(23)14-22(3)13-15-9-7-8-12-17(15)20/h4-12H,13-14H2,1-3H3,(H,21,23). The van der Waals surface area contributed by atoms with Crippen molar-refractivity contribution in [2.45, 2.75) is 25.9 Å². The first-order valence-corrected chi connectivity index (χ1v) is 7.67. The fraction of sp³-hybridized carbons (Fsp3) is 0.316. The van der Waals surface area contributed by atoms with Gasteiger partial charge in [-0.3, -0.25) is 9.69 Å². The fourth-order valence-corrected chi connectivity index (χ4v) is 2.53. The highest BCUT2D eigenvalue weighted by Gasteiger charge is 2.23. The number of carbonyl (C=O) groups is 1. The summed E-state index contributed by atoms with van der Waals surface area (Å²) < 4.78 is 13.7. The molecule has 1 amide bonds. The molecule has 0 aliphatic carbocycles. The molecule has 0 aliphatic rings. The number of benzene rings is 2. The zero-order chi connectivity index (χ0) is 16.9. The number of nitrogens with one attached hydrogen (secondary N) is 1. The quantitative estimate of drug-likeness (QED) is 0.887. The van der Waals surface area contributed by atoms with E-state index in [-0.39, 0.29) is 18.3 Å². The van der Waals surface area contributed by atoms with Gasteiger partial charge in [-0.1, -0.05) is 48.5 Å². The van der Waals surface area contributed by atoms with E-state index < -0.39 is 5.54 Å². The summed E-state index contributed by atoms with van der Waals surface area (Å²) in [6.07, 6.45) is 0. The molecule has 0 saturated heterocycles. The summed E-state index contributed by atoms with van der Waals surface area (Å²) in [4.78, 5) is 14.1. The third-order valence-corrected chi connectivity index (χ3v) is 3.76. The number of halogens is 1. The zero-order valence-electron chi connectivity index (χ0n) is 13.8. The molecule has 2 aromatic rings. The largest absolute Gasteiger partial charge is 0.346 e. The molecule has 0 spiro atoms. The predicted octanol–water partition coefficient (Wildman–Crippen LogP) is 3.31. The molecule has 122 valence electrons. The van der Waals surface area contributed by atoms with Crippen molar-refractivity contribution in [1.82, 2.24) is 10.2 Å². The highest BCUT2D eigenvalue weighted by Crippen LogP contribution is 2.19. The molecular formula is C19H23FN2O. The van der Waals surface area contributed by atoms with Gasteiger partial charge in [0.05, 0.1) is 12.1 Å². The molecule has 0 fully saturated rings. The summed E-state index contributed by atoms with van der Waals surface area (Å²) in [5.41, 5.74) is 1.19. The first kappa shape index (κ1) is 17.2. The van der Waals surface area contributed by atoms with Gasteiger partial charge in [0.25, 0.3) is 0 Å². The Bertz CT molecular complexity index is 655. The summed E-state index contributed by atoms with van der Waals surface area (Å²) >= 11 is 0. The predicted molar refractivity (Wildman–Crippen MR) is 90.3 cm³/mol. The number of amides is 1. The van der Waals surface area contributed by atoms with Crippen molar-refractivity contribution in [3.8, 4) is 0 Å². The molecule has 0 saturated carbocycles. The van der Waals surface area contributed by atoms with Crippen LogP contribution in [0.2, 0.25) is 0 Å². The molecule has 0 atom stereocenters. The maximum absolute atomic E-state index is 13.7. The lowest BCUT2D eigenvalue weighted by atomic mass is 9.94. The average molecular weight is 314 g/mol. The van der Waals surface area contributed by atoms with Crippen LogP contribution in [0.15, 0.2) is 54.6 Å². The molecule has 0 heterocycles. The Morgan fingerprint density at radius 3 is 2.35 bits per heavy atom. The van der Waals surface area contributed by atoms with Crippen LogP contribution < -0.4 is 5.32 Å². The van der Waals surface area contributed by atoms with E-state index in [2.05, 4.69) is 5.32 Å². The van der Waals surface area contributed by atoms with Gasteiger partial charge in [-0.25, -0.2) is 4.39 Å². The molecule has 2 aromatic carbocycles. The Kier molecular flexibility index (Phi) is 5.50. The SMILES string of the molecule is CN(CC(=O)NC(C)(C)c1ccccc1)Cc1ccccc1F. The maximum Gasteiger partial charge on any atom is 0.234 e. The van der Waals surface area contributed by atoms with Crippen molar-refractivity contribution in [1.29, 1.82) is 0 Å². The Labute approximate surface area is 137 Å². The van der Waals surface area contributed by atoms with E-state index in [1.54, 1.807) is 23.1 Å². The van der Waals surface area contributed by atoms with E-state index in [1.165, 1.54) is 6.07 Å². The molecular weight excluding hydrogens is 291 g/mol. The van der Waals surface area contributed by atoms with Crippen LogP contribution >= 0.6 is 0 Å². The van der Waals surface area contributed by atoms with Gasteiger partial charge in [0.2, 0.25) is 5.91 Å². The second-order valence-electron chi connectivity index (χ2n) is 6.30. The van der Waals surface area contributed by atoms with Crippen molar-refractivity contribution >= 4 is 5.91 Å². The van der Waals surface area contributed by atoms with Crippen LogP contribution in [0, 0.1) is 5.82 Å². The van der Waals surface area contributed by atoms with Crippen LogP contribution in [0.4, 0.5) is 4.39 Å². The van der Waals surface area contributed by atoms with Crippen LogP contribution in [0.25, 0.3) is 0 Å². The van der Waals surface area contributed by atoms with Gasteiger partial charge in [-0.15, -0.1) is 0 Å². The van der Waals surface area contributed by atoms with Gasteiger partial charge in [0, 0.05) is 12.1 Å². The monoisotopic (exact) mass is 314 g/mol. The Morgan fingerprint density at radius 1 is 1.09 bits per heavy atom. The first-order valence-electron chi connectivity index (χ1n) is 7.67. The lowest BCUT2D eigenvalue weighted by molar-refractivity contribution is -0.123. The second-order valence-corrected chi connectivity index (χ2v) is 6.30. The Balaban J connectivity index is 1.93. The summed E-state index contributed by atoms with van der Waals surface area (Å²) in [5, 5.41) is 3.03. The minimum atomic E-state index is -0.447. The second kappa shape index (κ2) is 7.38. The van der Waals surface area contributed by atoms with Crippen LogP contribution in [0.3, 0.4) is 0 Å². The van der Waals surface area contributed by atoms with Crippen LogP contribution in [-0.2, 0) is 16.9 Å². The van der Waals surface area contributed by atoms with E-state index in [0.717, 1.165) is 5.56 Å². The molecule has 23 heavy (non-hydrogen) atoms. The van der Waals surface area contributed by atoms with E-state index in [0.29, 0.717) is 12.1 Å². The molecule has 0 radical (unpaired) electrons. The topological polar surface area (TPSA) is 32.3 Å². The van der Waals surface area contributed by atoms with Crippen molar-refractivity contribution in [3.63, 3.8) is 0 Å². The van der Waals surface area contributed by atoms with Gasteiger partial charge >= 0.3 is 0 Å². The minimum absolute atomic E-state index is 0.0855. The van der Waals surface area contributed by atoms with Gasteiger partial charge in [0.1, 0.15) is 5.82 Å². The number of hydrogen-bond acceptors (Lipinski definition) is 2. The van der Waals surface area contributed by atoms with Gasteiger partial charge in [-0.05, 0) is 32.5 Å². The van der Waals surface area contributed by atoms with Crippen molar-refractivity contribution in [2.24, 2.45) is 0 Å². The number of hydrogen-bond donors (Lipinski definition) is 1. The zero-order valence-corrected chi connectivity index (χ0v) is 13.8. The number of carbonyl (C=O) groups excluding carboxylic acids is 1. The van der Waals surface area contributed by atoms with Gasteiger partial charge < -0.3 is 5.32 Å². The van der Waals surface area contributed by atoms with Crippen LogP contribution in [0.5, 0.6) is 0 Å². The summed E-state index contributed by atoms with van der Waals surface area (Å²) in [6, 6.07) is 16.5. The van der Waals surface area contributed by atoms with Crippen molar-refractivity contribution < 1.29 is 9.18 Å². The lowest BCUT2D eigenvalue weighted by Crippen LogP contribution is -2.45. The molecule has 2 rings (SSSR count). The Morgan fingerprint density at radius 2 is 1.70 bits per heavy atom. The number of nitrogens with zero attached hydrogens (tertiary/aromatic N) is 1. The summed E-state index contributed by atoms with van der Waals surface area (Å²) in [6.45, 7) is 4.55. The van der Waals surface area contributed by atoms with E-state index in [9.17, 15) is 9.18 Å². The van der Waals surface area contributed by atoms with Gasteiger partial charge in [0.15, 0.2) is 0 Å².